The van der Waals surface area contributed by atoms with Crippen LogP contribution >= 0.6 is 11.3 Å². The molecule has 0 aliphatic rings. The van der Waals surface area contributed by atoms with Crippen LogP contribution in [0.4, 0.5) is 5.00 Å². The van der Waals surface area contributed by atoms with E-state index in [-0.39, 0.29) is 5.91 Å². The first-order chi connectivity index (χ1) is 14.4. The van der Waals surface area contributed by atoms with Crippen LogP contribution in [0, 0.1) is 13.8 Å². The second-order valence-electron chi connectivity index (χ2n) is 6.69. The van der Waals surface area contributed by atoms with Crippen LogP contribution in [0.15, 0.2) is 41.8 Å². The van der Waals surface area contributed by atoms with E-state index < -0.39 is 5.97 Å². The summed E-state index contributed by atoms with van der Waals surface area (Å²) in [7, 11) is 4.36. The lowest BCUT2D eigenvalue weighted by Crippen LogP contribution is -2.14. The van der Waals surface area contributed by atoms with Gasteiger partial charge in [0.25, 0.3) is 5.91 Å². The molecule has 0 spiro atoms. The van der Waals surface area contributed by atoms with Gasteiger partial charge in [0, 0.05) is 16.5 Å². The van der Waals surface area contributed by atoms with Crippen molar-refractivity contribution in [2.24, 2.45) is 0 Å². The van der Waals surface area contributed by atoms with E-state index in [1.165, 1.54) is 32.7 Å². The fraction of sp³-hybridized carbons (Fsp3) is 0.217. The molecule has 1 N–H and O–H groups in total. The first kappa shape index (κ1) is 21.4. The van der Waals surface area contributed by atoms with Crippen LogP contribution in [0.1, 0.15) is 31.8 Å². The number of methoxy groups -OCH3 is 3. The number of anilines is 1. The van der Waals surface area contributed by atoms with Gasteiger partial charge in [0.05, 0.1) is 21.3 Å². The second-order valence-corrected chi connectivity index (χ2v) is 7.57. The van der Waals surface area contributed by atoms with Gasteiger partial charge in [-0.15, -0.1) is 11.3 Å². The van der Waals surface area contributed by atoms with E-state index in [2.05, 4.69) is 5.32 Å². The van der Waals surface area contributed by atoms with Gasteiger partial charge in [-0.25, -0.2) is 4.79 Å². The summed E-state index contributed by atoms with van der Waals surface area (Å²) in [6, 6.07) is 10.9. The number of benzene rings is 2. The van der Waals surface area contributed by atoms with E-state index >= 15 is 0 Å². The molecule has 0 fully saturated rings. The molecule has 3 aromatic rings. The van der Waals surface area contributed by atoms with Crippen LogP contribution in [0.3, 0.4) is 0 Å². The molecule has 156 valence electrons. The molecule has 30 heavy (non-hydrogen) atoms. The average Bonchev–Trinajstić information content (AvgIpc) is 3.17. The maximum absolute atomic E-state index is 12.9. The third kappa shape index (κ3) is 4.16. The summed E-state index contributed by atoms with van der Waals surface area (Å²) in [6.45, 7) is 3.97. The maximum Gasteiger partial charge on any atom is 0.341 e. The number of aryl methyl sites for hydroxylation is 2. The first-order valence-corrected chi connectivity index (χ1v) is 10.1. The molecule has 6 nitrogen and oxygen atoms in total. The lowest BCUT2D eigenvalue weighted by molar-refractivity contribution is 0.0603. The summed E-state index contributed by atoms with van der Waals surface area (Å²) in [5.74, 6) is 0.100. The number of thiophene rings is 1. The number of carbonyl (C=O) groups excluding carboxylic acids is 2. The van der Waals surface area contributed by atoms with Crippen LogP contribution in [0.2, 0.25) is 0 Å². The van der Waals surface area contributed by atoms with Crippen LogP contribution in [-0.4, -0.2) is 33.2 Å². The van der Waals surface area contributed by atoms with Gasteiger partial charge >= 0.3 is 5.97 Å². The molecule has 2 aromatic carbocycles. The molecule has 0 atom stereocenters. The van der Waals surface area contributed by atoms with Crippen molar-refractivity contribution in [3.8, 4) is 22.6 Å². The highest BCUT2D eigenvalue weighted by atomic mass is 32.1. The summed E-state index contributed by atoms with van der Waals surface area (Å²) < 4.78 is 15.5. The molecule has 0 saturated carbocycles. The Hall–Kier alpha value is -3.32. The van der Waals surface area contributed by atoms with E-state index in [9.17, 15) is 9.59 Å². The molecule has 0 aliphatic carbocycles. The standard InChI is InChI=1S/C23H23NO5S/c1-13-6-7-14(2)16(10-13)17-12-30-22(20(17)23(26)29-5)24-21(25)15-8-9-18(27-3)19(11-15)28-4/h6-12H,1-5H3,(H,24,25). The quantitative estimate of drug-likeness (QED) is 0.557. The number of amides is 1. The normalized spacial score (nSPS) is 10.4. The predicted molar refractivity (Wildman–Crippen MR) is 118 cm³/mol. The van der Waals surface area contributed by atoms with Crippen LogP contribution in [-0.2, 0) is 4.74 Å². The van der Waals surface area contributed by atoms with E-state index in [1.54, 1.807) is 18.2 Å². The average molecular weight is 426 g/mol. The Balaban J connectivity index is 2.01. The zero-order valence-corrected chi connectivity index (χ0v) is 18.3. The van der Waals surface area contributed by atoms with Crippen molar-refractivity contribution in [3.63, 3.8) is 0 Å². The second kappa shape index (κ2) is 9.00. The van der Waals surface area contributed by atoms with Gasteiger partial charge in [0.1, 0.15) is 10.6 Å². The Morgan fingerprint density at radius 1 is 0.900 bits per heavy atom. The zero-order chi connectivity index (χ0) is 21.8. The van der Waals surface area contributed by atoms with Crippen molar-refractivity contribution in [1.82, 2.24) is 0 Å². The summed E-state index contributed by atoms with van der Waals surface area (Å²) >= 11 is 1.28. The molecule has 0 radical (unpaired) electrons. The first-order valence-electron chi connectivity index (χ1n) is 9.20. The van der Waals surface area contributed by atoms with Crippen molar-refractivity contribution in [2.45, 2.75) is 13.8 Å². The fourth-order valence-electron chi connectivity index (χ4n) is 3.13. The molecule has 1 heterocycles. The zero-order valence-electron chi connectivity index (χ0n) is 17.5. The lowest BCUT2D eigenvalue weighted by atomic mass is 9.97. The topological polar surface area (TPSA) is 73.9 Å². The number of rotatable bonds is 6. The number of esters is 1. The number of hydrogen-bond acceptors (Lipinski definition) is 6. The van der Waals surface area contributed by atoms with Crippen LogP contribution in [0.5, 0.6) is 11.5 Å². The van der Waals surface area contributed by atoms with Gasteiger partial charge in [0.15, 0.2) is 11.5 Å². The molecule has 0 unspecified atom stereocenters. The molecule has 0 aliphatic heterocycles. The van der Waals surface area contributed by atoms with Gasteiger partial charge < -0.3 is 19.5 Å². The Morgan fingerprint density at radius 2 is 1.63 bits per heavy atom. The SMILES string of the molecule is COC(=O)c1c(-c2cc(C)ccc2C)csc1NC(=O)c1ccc(OC)c(OC)c1. The monoisotopic (exact) mass is 425 g/mol. The van der Waals surface area contributed by atoms with Crippen molar-refractivity contribution in [2.75, 3.05) is 26.6 Å². The van der Waals surface area contributed by atoms with Crippen LogP contribution in [0.25, 0.3) is 11.1 Å². The minimum absolute atomic E-state index is 0.338. The molecule has 3 rings (SSSR count). The highest BCUT2D eigenvalue weighted by Crippen LogP contribution is 2.38. The fourth-order valence-corrected chi connectivity index (χ4v) is 4.07. The lowest BCUT2D eigenvalue weighted by Gasteiger charge is -2.11. The molecular formula is C23H23NO5S. The van der Waals surface area contributed by atoms with Crippen molar-refractivity contribution in [3.05, 3.63) is 64.0 Å². The van der Waals surface area contributed by atoms with Gasteiger partial charge in [-0.05, 0) is 43.2 Å². The number of nitrogens with one attached hydrogen (secondary N) is 1. The van der Waals surface area contributed by atoms with Gasteiger partial charge in [-0.1, -0.05) is 23.8 Å². The molecular weight excluding hydrogens is 402 g/mol. The summed E-state index contributed by atoms with van der Waals surface area (Å²) in [5, 5.41) is 5.13. The van der Waals surface area contributed by atoms with Crippen molar-refractivity contribution < 1.29 is 23.8 Å². The number of hydrogen-bond donors (Lipinski definition) is 1. The van der Waals surface area contributed by atoms with Crippen LogP contribution < -0.4 is 14.8 Å². The molecule has 7 heteroatoms. The van der Waals surface area contributed by atoms with Crippen molar-refractivity contribution >= 4 is 28.2 Å². The summed E-state index contributed by atoms with van der Waals surface area (Å²) in [6.07, 6.45) is 0. The van der Waals surface area contributed by atoms with E-state index in [0.717, 1.165) is 22.3 Å². The predicted octanol–water partition coefficient (Wildman–Crippen LogP) is 5.09. The van der Waals surface area contributed by atoms with Gasteiger partial charge in [-0.3, -0.25) is 4.79 Å². The maximum atomic E-state index is 12.9. The third-order valence-corrected chi connectivity index (χ3v) is 5.63. The van der Waals surface area contributed by atoms with E-state index in [0.29, 0.717) is 27.6 Å². The Morgan fingerprint density at radius 3 is 2.30 bits per heavy atom. The van der Waals surface area contributed by atoms with E-state index in [4.69, 9.17) is 14.2 Å². The largest absolute Gasteiger partial charge is 0.493 e. The molecule has 0 saturated heterocycles. The number of ether oxygens (including phenoxy) is 3. The highest BCUT2D eigenvalue weighted by molar-refractivity contribution is 7.15. The Labute approximate surface area is 179 Å². The minimum atomic E-state index is -0.505. The third-order valence-electron chi connectivity index (χ3n) is 4.74. The summed E-state index contributed by atoms with van der Waals surface area (Å²) in [5.41, 5.74) is 4.49. The molecule has 1 aromatic heterocycles. The Bertz CT molecular complexity index is 1100. The molecule has 0 bridgehead atoms. The Kier molecular flexibility index (Phi) is 6.42. The van der Waals surface area contributed by atoms with Gasteiger partial charge in [-0.2, -0.15) is 0 Å². The van der Waals surface area contributed by atoms with Crippen molar-refractivity contribution in [1.29, 1.82) is 0 Å². The molecule has 1 amide bonds. The summed E-state index contributed by atoms with van der Waals surface area (Å²) in [4.78, 5) is 25.4. The van der Waals surface area contributed by atoms with E-state index in [1.807, 2.05) is 37.4 Å². The number of carbonyl (C=O) groups is 2. The highest BCUT2D eigenvalue weighted by Gasteiger charge is 2.24. The minimum Gasteiger partial charge on any atom is -0.493 e. The smallest absolute Gasteiger partial charge is 0.341 e. The van der Waals surface area contributed by atoms with Gasteiger partial charge in [0.2, 0.25) is 0 Å².